The van der Waals surface area contributed by atoms with Gasteiger partial charge in [0.25, 0.3) is 0 Å². The summed E-state index contributed by atoms with van der Waals surface area (Å²) < 4.78 is 30.9. The van der Waals surface area contributed by atoms with Gasteiger partial charge in [-0.15, -0.1) is 0 Å². The number of esters is 1. The summed E-state index contributed by atoms with van der Waals surface area (Å²) in [5.74, 6) is -0.466. The fourth-order valence-electron chi connectivity index (χ4n) is 2.33. The van der Waals surface area contributed by atoms with Crippen molar-refractivity contribution in [1.82, 2.24) is 4.31 Å². The number of nitrogens with zero attached hydrogens (tertiary/aromatic N) is 1. The van der Waals surface area contributed by atoms with Crippen LogP contribution in [0.2, 0.25) is 0 Å². The van der Waals surface area contributed by atoms with Gasteiger partial charge in [-0.25, -0.2) is 8.42 Å². The van der Waals surface area contributed by atoms with Crippen molar-refractivity contribution in [3.8, 4) is 0 Å². The standard InChI is InChI=1S/C15H19NO4S/c1-2-20-15(17)14-9-6-11-16(14)21(18,19)12-10-13-7-4-3-5-8-13/h3-5,7-8,10,12,14H,2,6,9,11H2,1H3. The molecule has 0 bridgehead atoms. The first-order chi connectivity index (χ1) is 10.0. The summed E-state index contributed by atoms with van der Waals surface area (Å²) in [7, 11) is -3.62. The van der Waals surface area contributed by atoms with Crippen molar-refractivity contribution < 1.29 is 17.9 Å². The van der Waals surface area contributed by atoms with Crippen LogP contribution in [0, 0.1) is 0 Å². The molecule has 21 heavy (non-hydrogen) atoms. The number of rotatable bonds is 5. The lowest BCUT2D eigenvalue weighted by atomic mass is 10.2. The molecule has 0 N–H and O–H groups in total. The first kappa shape index (κ1) is 15.7. The zero-order valence-electron chi connectivity index (χ0n) is 11.9. The predicted molar refractivity (Wildman–Crippen MR) is 80.8 cm³/mol. The molecule has 1 unspecified atom stereocenters. The molecule has 1 aliphatic rings. The number of benzene rings is 1. The molecule has 0 spiro atoms. The molecule has 2 rings (SSSR count). The Kier molecular flexibility index (Phi) is 5.14. The largest absolute Gasteiger partial charge is 0.465 e. The summed E-state index contributed by atoms with van der Waals surface area (Å²) in [6, 6.07) is 8.48. The molecule has 5 nitrogen and oxygen atoms in total. The minimum absolute atomic E-state index is 0.253. The van der Waals surface area contributed by atoms with Crippen molar-refractivity contribution in [2.75, 3.05) is 13.2 Å². The second-order valence-electron chi connectivity index (χ2n) is 4.78. The van der Waals surface area contributed by atoms with Gasteiger partial charge < -0.3 is 4.74 Å². The Labute approximate surface area is 125 Å². The summed E-state index contributed by atoms with van der Waals surface area (Å²) in [6.07, 6.45) is 2.72. The Hall–Kier alpha value is -1.66. The number of carbonyl (C=O) groups is 1. The van der Waals surface area contributed by atoms with Crippen LogP contribution in [0.1, 0.15) is 25.3 Å². The highest BCUT2D eigenvalue weighted by Crippen LogP contribution is 2.23. The van der Waals surface area contributed by atoms with Crippen LogP contribution in [0.3, 0.4) is 0 Å². The Morgan fingerprint density at radius 2 is 2.10 bits per heavy atom. The lowest BCUT2D eigenvalue weighted by Crippen LogP contribution is -2.40. The Balaban J connectivity index is 2.15. The van der Waals surface area contributed by atoms with E-state index in [0.717, 1.165) is 11.0 Å². The molecule has 1 aromatic carbocycles. The fraction of sp³-hybridized carbons (Fsp3) is 0.400. The third kappa shape index (κ3) is 3.92. The second-order valence-corrected chi connectivity index (χ2v) is 6.55. The van der Waals surface area contributed by atoms with Crippen molar-refractivity contribution in [2.45, 2.75) is 25.8 Å². The van der Waals surface area contributed by atoms with Crippen LogP contribution in [0.15, 0.2) is 35.7 Å². The van der Waals surface area contributed by atoms with Gasteiger partial charge in [0.1, 0.15) is 6.04 Å². The molecule has 0 aliphatic carbocycles. The van der Waals surface area contributed by atoms with Crippen LogP contribution in [0.25, 0.3) is 6.08 Å². The van der Waals surface area contributed by atoms with E-state index < -0.39 is 22.0 Å². The molecule has 6 heteroatoms. The second kappa shape index (κ2) is 6.87. The zero-order valence-corrected chi connectivity index (χ0v) is 12.8. The van der Waals surface area contributed by atoms with Crippen LogP contribution in [0.5, 0.6) is 0 Å². The van der Waals surface area contributed by atoms with Crippen LogP contribution in [0.4, 0.5) is 0 Å². The minimum Gasteiger partial charge on any atom is -0.465 e. The number of carbonyl (C=O) groups excluding carboxylic acids is 1. The van der Waals surface area contributed by atoms with Crippen LogP contribution in [-0.4, -0.2) is 37.9 Å². The van der Waals surface area contributed by atoms with Crippen LogP contribution < -0.4 is 0 Å². The third-order valence-electron chi connectivity index (χ3n) is 3.32. The molecule has 1 aromatic rings. The highest BCUT2D eigenvalue weighted by Gasteiger charge is 2.38. The number of ether oxygens (including phenoxy) is 1. The highest BCUT2D eigenvalue weighted by molar-refractivity contribution is 7.92. The van der Waals surface area contributed by atoms with Gasteiger partial charge in [0.2, 0.25) is 10.0 Å². The molecule has 1 aliphatic heterocycles. The van der Waals surface area contributed by atoms with Gasteiger partial charge in [-0.2, -0.15) is 4.31 Å². The Bertz CT molecular complexity index is 610. The lowest BCUT2D eigenvalue weighted by Gasteiger charge is -2.20. The van der Waals surface area contributed by atoms with Crippen LogP contribution in [-0.2, 0) is 19.6 Å². The van der Waals surface area contributed by atoms with Crippen LogP contribution >= 0.6 is 0 Å². The SMILES string of the molecule is CCOC(=O)C1CCCN1S(=O)(=O)C=Cc1ccccc1. The van der Waals surface area contributed by atoms with E-state index in [1.165, 1.54) is 10.4 Å². The van der Waals surface area contributed by atoms with Gasteiger partial charge in [-0.3, -0.25) is 4.79 Å². The first-order valence-corrected chi connectivity index (χ1v) is 8.46. The summed E-state index contributed by atoms with van der Waals surface area (Å²) in [5.41, 5.74) is 0.799. The van der Waals surface area contributed by atoms with Gasteiger partial charge in [-0.1, -0.05) is 30.3 Å². The van der Waals surface area contributed by atoms with E-state index in [1.807, 2.05) is 30.3 Å². The maximum Gasteiger partial charge on any atom is 0.324 e. The van der Waals surface area contributed by atoms with E-state index in [9.17, 15) is 13.2 Å². The van der Waals surface area contributed by atoms with Gasteiger partial charge in [0, 0.05) is 12.0 Å². The van der Waals surface area contributed by atoms with Gasteiger partial charge >= 0.3 is 5.97 Å². The van der Waals surface area contributed by atoms with E-state index in [-0.39, 0.29) is 6.61 Å². The average molecular weight is 309 g/mol. The molecule has 1 atom stereocenters. The van der Waals surface area contributed by atoms with E-state index in [1.54, 1.807) is 6.92 Å². The van der Waals surface area contributed by atoms with Crippen molar-refractivity contribution in [3.05, 3.63) is 41.3 Å². The van der Waals surface area contributed by atoms with Gasteiger partial charge in [0.15, 0.2) is 0 Å². The van der Waals surface area contributed by atoms with Gasteiger partial charge in [-0.05, 0) is 31.4 Å². The normalized spacial score (nSPS) is 20.0. The van der Waals surface area contributed by atoms with E-state index >= 15 is 0 Å². The molecule has 1 saturated heterocycles. The number of hydrogen-bond acceptors (Lipinski definition) is 4. The molecule has 0 amide bonds. The fourth-order valence-corrected chi connectivity index (χ4v) is 3.74. The quantitative estimate of drug-likeness (QED) is 0.781. The molecular weight excluding hydrogens is 290 g/mol. The maximum atomic E-state index is 12.4. The third-order valence-corrected chi connectivity index (χ3v) is 4.89. The van der Waals surface area contributed by atoms with Crippen molar-refractivity contribution >= 4 is 22.1 Å². The topological polar surface area (TPSA) is 63.7 Å². The Morgan fingerprint density at radius 1 is 1.38 bits per heavy atom. The molecule has 0 radical (unpaired) electrons. The minimum atomic E-state index is -3.62. The summed E-state index contributed by atoms with van der Waals surface area (Å²) in [4.78, 5) is 11.8. The first-order valence-electron chi connectivity index (χ1n) is 6.96. The van der Waals surface area contributed by atoms with Gasteiger partial charge in [0.05, 0.1) is 6.61 Å². The predicted octanol–water partition coefficient (Wildman–Crippen LogP) is 2.01. The summed E-state index contributed by atoms with van der Waals surface area (Å²) in [5, 5.41) is 1.15. The molecule has 1 heterocycles. The molecule has 0 aromatic heterocycles. The average Bonchev–Trinajstić information content (AvgIpc) is 2.97. The molecule has 1 fully saturated rings. The molecule has 0 saturated carbocycles. The van der Waals surface area contributed by atoms with Crippen molar-refractivity contribution in [3.63, 3.8) is 0 Å². The molecular formula is C15H19NO4S. The Morgan fingerprint density at radius 3 is 2.76 bits per heavy atom. The van der Waals surface area contributed by atoms with E-state index in [0.29, 0.717) is 19.4 Å². The van der Waals surface area contributed by atoms with Crippen molar-refractivity contribution in [1.29, 1.82) is 0 Å². The maximum absolute atomic E-state index is 12.4. The number of sulfonamides is 1. The smallest absolute Gasteiger partial charge is 0.324 e. The lowest BCUT2D eigenvalue weighted by molar-refractivity contribution is -0.146. The number of hydrogen-bond donors (Lipinski definition) is 0. The molecule has 114 valence electrons. The van der Waals surface area contributed by atoms with E-state index in [4.69, 9.17) is 4.74 Å². The highest BCUT2D eigenvalue weighted by atomic mass is 32.2. The summed E-state index contributed by atoms with van der Waals surface area (Å²) >= 11 is 0. The zero-order chi connectivity index (χ0) is 15.3. The van der Waals surface area contributed by atoms with Crippen molar-refractivity contribution in [2.24, 2.45) is 0 Å². The van der Waals surface area contributed by atoms with E-state index in [2.05, 4.69) is 0 Å². The summed E-state index contributed by atoms with van der Waals surface area (Å²) in [6.45, 7) is 2.31. The monoisotopic (exact) mass is 309 g/mol.